The third-order valence-corrected chi connectivity index (χ3v) is 4.71. The molecule has 0 amide bonds. The largest absolute Gasteiger partial charge is 0.390 e. The van der Waals surface area contributed by atoms with E-state index in [1.165, 1.54) is 11.1 Å². The molecule has 0 aliphatic rings. The fourth-order valence-electron chi connectivity index (χ4n) is 3.07. The molecule has 2 N–H and O–H groups in total. The summed E-state index contributed by atoms with van der Waals surface area (Å²) >= 11 is 0. The van der Waals surface area contributed by atoms with Crippen molar-refractivity contribution < 1.29 is 15.0 Å². The van der Waals surface area contributed by atoms with Crippen molar-refractivity contribution in [3.63, 3.8) is 0 Å². The molecule has 0 saturated carbocycles. The fraction of sp³-hybridized carbons (Fsp3) is 0.296. The van der Waals surface area contributed by atoms with E-state index in [4.69, 9.17) is 0 Å². The van der Waals surface area contributed by atoms with E-state index in [1.807, 2.05) is 26.0 Å². The van der Waals surface area contributed by atoms with Crippen molar-refractivity contribution >= 4 is 5.78 Å². The molecule has 0 radical (unpaired) electrons. The molecule has 3 aromatic carbocycles. The smallest absolute Gasteiger partial charge is 0.195 e. The molecule has 3 heteroatoms. The Morgan fingerprint density at radius 1 is 0.800 bits per heavy atom. The average molecular weight is 405 g/mol. The molecule has 1 atom stereocenters. The van der Waals surface area contributed by atoms with Crippen LogP contribution >= 0.6 is 0 Å². The van der Waals surface area contributed by atoms with Crippen LogP contribution < -0.4 is 0 Å². The number of aliphatic hydroxyl groups is 2. The van der Waals surface area contributed by atoms with Gasteiger partial charge in [0.15, 0.2) is 5.78 Å². The van der Waals surface area contributed by atoms with Gasteiger partial charge < -0.3 is 10.2 Å². The van der Waals surface area contributed by atoms with Gasteiger partial charge in [-0.05, 0) is 36.5 Å². The highest BCUT2D eigenvalue weighted by atomic mass is 16.3. The van der Waals surface area contributed by atoms with Crippen LogP contribution in [0.5, 0.6) is 0 Å². The second kappa shape index (κ2) is 10.9. The number of benzene rings is 3. The van der Waals surface area contributed by atoms with E-state index in [0.717, 1.165) is 0 Å². The number of rotatable bonds is 6. The molecule has 0 saturated heterocycles. The van der Waals surface area contributed by atoms with Crippen LogP contribution in [0.2, 0.25) is 0 Å². The molecule has 0 aliphatic heterocycles. The molecule has 0 heterocycles. The lowest BCUT2D eigenvalue weighted by Gasteiger charge is -2.17. The number of carbonyl (C=O) groups excluding carboxylic acids is 1. The van der Waals surface area contributed by atoms with Crippen LogP contribution in [0.4, 0.5) is 0 Å². The van der Waals surface area contributed by atoms with Gasteiger partial charge in [0.05, 0.1) is 5.60 Å². The summed E-state index contributed by atoms with van der Waals surface area (Å²) in [4.78, 5) is 11.9. The molecule has 0 fully saturated rings. The SMILES string of the molecule is CC(C)c1ccc(CC(C)(C)O)cc1.O=C(c1ccccc1)C(O)c1ccccc1. The predicted molar refractivity (Wildman–Crippen MR) is 123 cm³/mol. The maximum absolute atomic E-state index is 11.9. The van der Waals surface area contributed by atoms with Crippen molar-refractivity contribution in [2.75, 3.05) is 0 Å². The van der Waals surface area contributed by atoms with E-state index in [-0.39, 0.29) is 5.78 Å². The molecule has 3 rings (SSSR count). The fourth-order valence-corrected chi connectivity index (χ4v) is 3.07. The normalized spacial score (nSPS) is 12.1. The van der Waals surface area contributed by atoms with E-state index in [9.17, 15) is 15.0 Å². The minimum absolute atomic E-state index is 0.271. The molecule has 0 spiro atoms. The first kappa shape index (κ1) is 23.5. The summed E-state index contributed by atoms with van der Waals surface area (Å²) in [6.45, 7) is 8.04. The minimum atomic E-state index is -1.08. The Labute approximate surface area is 180 Å². The highest BCUT2D eigenvalue weighted by Crippen LogP contribution is 2.18. The van der Waals surface area contributed by atoms with Crippen molar-refractivity contribution in [1.29, 1.82) is 0 Å². The third kappa shape index (κ3) is 7.58. The number of Topliss-reactive ketones (excluding diaryl/α,β-unsaturated/α-hetero) is 1. The van der Waals surface area contributed by atoms with Crippen LogP contribution in [0.1, 0.15) is 66.8 Å². The van der Waals surface area contributed by atoms with Gasteiger partial charge in [0.2, 0.25) is 0 Å². The predicted octanol–water partition coefficient (Wildman–Crippen LogP) is 5.73. The van der Waals surface area contributed by atoms with Gasteiger partial charge in [0, 0.05) is 12.0 Å². The summed E-state index contributed by atoms with van der Waals surface area (Å²) in [6, 6.07) is 26.2. The Kier molecular flexibility index (Phi) is 8.52. The van der Waals surface area contributed by atoms with Crippen molar-refractivity contribution in [1.82, 2.24) is 0 Å². The highest BCUT2D eigenvalue weighted by Gasteiger charge is 2.18. The van der Waals surface area contributed by atoms with Crippen LogP contribution in [-0.4, -0.2) is 21.6 Å². The zero-order valence-corrected chi connectivity index (χ0v) is 18.2. The lowest BCUT2D eigenvalue weighted by Crippen LogP contribution is -2.21. The maximum Gasteiger partial charge on any atom is 0.195 e. The molecule has 3 aromatic rings. The lowest BCUT2D eigenvalue weighted by molar-refractivity contribution is 0.0747. The molecule has 158 valence electrons. The first-order chi connectivity index (χ1) is 14.2. The minimum Gasteiger partial charge on any atom is -0.390 e. The van der Waals surface area contributed by atoms with Crippen molar-refractivity contribution in [2.45, 2.75) is 51.7 Å². The van der Waals surface area contributed by atoms with Crippen molar-refractivity contribution in [2.24, 2.45) is 0 Å². The average Bonchev–Trinajstić information content (AvgIpc) is 2.73. The third-order valence-electron chi connectivity index (χ3n) is 4.71. The Morgan fingerprint density at radius 2 is 1.30 bits per heavy atom. The van der Waals surface area contributed by atoms with Gasteiger partial charge in [-0.25, -0.2) is 0 Å². The van der Waals surface area contributed by atoms with E-state index in [1.54, 1.807) is 48.5 Å². The van der Waals surface area contributed by atoms with Crippen LogP contribution in [0.15, 0.2) is 84.9 Å². The topological polar surface area (TPSA) is 57.5 Å². The molecule has 0 bridgehead atoms. The molecule has 0 aliphatic carbocycles. The van der Waals surface area contributed by atoms with Gasteiger partial charge in [0.25, 0.3) is 0 Å². The Hall–Kier alpha value is -2.75. The number of hydrogen-bond donors (Lipinski definition) is 2. The van der Waals surface area contributed by atoms with Crippen molar-refractivity contribution in [3.05, 3.63) is 107 Å². The standard InChI is InChI=1S/C14H12O2.C13H20O/c15-13(11-7-3-1-4-8-11)14(16)12-9-5-2-6-10-12;1-10(2)12-7-5-11(6-8-12)9-13(3,4)14/h1-10,13,15H;5-8,10,14H,9H2,1-4H3. The van der Waals surface area contributed by atoms with Gasteiger partial charge in [-0.15, -0.1) is 0 Å². The van der Waals surface area contributed by atoms with Gasteiger partial charge in [-0.1, -0.05) is 98.8 Å². The molecule has 0 aromatic heterocycles. The summed E-state index contributed by atoms with van der Waals surface area (Å²) in [7, 11) is 0. The van der Waals surface area contributed by atoms with Gasteiger partial charge >= 0.3 is 0 Å². The van der Waals surface area contributed by atoms with E-state index >= 15 is 0 Å². The first-order valence-corrected chi connectivity index (χ1v) is 10.3. The molecular formula is C27H32O3. The van der Waals surface area contributed by atoms with Crippen LogP contribution in [0.25, 0.3) is 0 Å². The van der Waals surface area contributed by atoms with Crippen LogP contribution in [0, 0.1) is 0 Å². The zero-order chi connectivity index (χ0) is 22.1. The van der Waals surface area contributed by atoms with E-state index in [2.05, 4.69) is 38.1 Å². The van der Waals surface area contributed by atoms with Crippen LogP contribution in [-0.2, 0) is 6.42 Å². The number of ketones is 1. The Bertz CT molecular complexity index is 892. The lowest BCUT2D eigenvalue weighted by atomic mass is 9.96. The molecule has 3 nitrogen and oxygen atoms in total. The summed E-state index contributed by atoms with van der Waals surface area (Å²) < 4.78 is 0. The summed E-state index contributed by atoms with van der Waals surface area (Å²) in [5.41, 5.74) is 3.08. The van der Waals surface area contributed by atoms with Gasteiger partial charge in [-0.3, -0.25) is 4.79 Å². The van der Waals surface area contributed by atoms with E-state index < -0.39 is 11.7 Å². The number of hydrogen-bond acceptors (Lipinski definition) is 3. The second-order valence-corrected chi connectivity index (χ2v) is 8.43. The quantitative estimate of drug-likeness (QED) is 0.516. The second-order valence-electron chi connectivity index (χ2n) is 8.43. The maximum atomic E-state index is 11.9. The Morgan fingerprint density at radius 3 is 1.77 bits per heavy atom. The summed E-state index contributed by atoms with van der Waals surface area (Å²) in [5.74, 6) is 0.304. The van der Waals surface area contributed by atoms with Crippen LogP contribution in [0.3, 0.4) is 0 Å². The number of aliphatic hydroxyl groups excluding tert-OH is 1. The van der Waals surface area contributed by atoms with E-state index in [0.29, 0.717) is 23.5 Å². The molecule has 1 unspecified atom stereocenters. The van der Waals surface area contributed by atoms with Gasteiger partial charge in [-0.2, -0.15) is 0 Å². The number of carbonyl (C=O) groups is 1. The summed E-state index contributed by atoms with van der Waals surface area (Å²) in [5, 5.41) is 19.5. The zero-order valence-electron chi connectivity index (χ0n) is 18.2. The van der Waals surface area contributed by atoms with Crippen molar-refractivity contribution in [3.8, 4) is 0 Å². The first-order valence-electron chi connectivity index (χ1n) is 10.3. The summed E-state index contributed by atoms with van der Waals surface area (Å²) in [6.07, 6.45) is -0.366. The highest BCUT2D eigenvalue weighted by molar-refractivity contribution is 5.99. The Balaban J connectivity index is 0.000000216. The monoisotopic (exact) mass is 404 g/mol. The molecule has 30 heavy (non-hydrogen) atoms. The molecular weight excluding hydrogens is 372 g/mol. The van der Waals surface area contributed by atoms with Gasteiger partial charge in [0.1, 0.15) is 6.10 Å².